The zero-order valence-electron chi connectivity index (χ0n) is 22.3. The number of ether oxygens (including phenoxy) is 1. The highest BCUT2D eigenvalue weighted by Gasteiger charge is 2.44. The fourth-order valence-corrected chi connectivity index (χ4v) is 6.45. The Kier molecular flexibility index (Phi) is 7.20. The number of nitrogens with zero attached hydrogens (tertiary/aromatic N) is 2. The molecule has 0 N–H and O–H groups in total. The Bertz CT molecular complexity index is 1420. The van der Waals surface area contributed by atoms with E-state index in [0.717, 1.165) is 29.5 Å². The van der Waals surface area contributed by atoms with Crippen LogP contribution in [0.1, 0.15) is 69.1 Å². The third-order valence-electron chi connectivity index (χ3n) is 8.54. The molecule has 0 spiro atoms. The van der Waals surface area contributed by atoms with E-state index in [1.165, 1.54) is 4.90 Å². The van der Waals surface area contributed by atoms with E-state index in [1.807, 2.05) is 54.6 Å². The first-order valence-corrected chi connectivity index (χ1v) is 14.1. The van der Waals surface area contributed by atoms with Gasteiger partial charge in [0, 0.05) is 6.54 Å². The second-order valence-electron chi connectivity index (χ2n) is 10.9. The van der Waals surface area contributed by atoms with E-state index in [2.05, 4.69) is 0 Å². The summed E-state index contributed by atoms with van der Waals surface area (Å²) in [7, 11) is 0. The van der Waals surface area contributed by atoms with Crippen molar-refractivity contribution in [2.24, 2.45) is 11.8 Å². The molecule has 3 aliphatic rings. The Balaban J connectivity index is 1.25. The van der Waals surface area contributed by atoms with Gasteiger partial charge in [-0.1, -0.05) is 79.6 Å². The molecule has 3 amide bonds. The van der Waals surface area contributed by atoms with E-state index < -0.39 is 17.9 Å². The Labute approximate surface area is 233 Å². The maximum Gasteiger partial charge on any atom is 0.310 e. The predicted molar refractivity (Wildman–Crippen MR) is 148 cm³/mol. The van der Waals surface area contributed by atoms with Gasteiger partial charge in [0.1, 0.15) is 6.61 Å². The number of hydrogen-bond donors (Lipinski definition) is 0. The van der Waals surface area contributed by atoms with Gasteiger partial charge in [0.2, 0.25) is 5.91 Å². The van der Waals surface area contributed by atoms with Gasteiger partial charge in [0.25, 0.3) is 11.8 Å². The van der Waals surface area contributed by atoms with Gasteiger partial charge in [-0.25, -0.2) is 0 Å². The number of carbonyl (C=O) groups is 4. The molecule has 6 rings (SSSR count). The van der Waals surface area contributed by atoms with Crippen LogP contribution in [0.15, 0.2) is 78.9 Å². The first kappa shape index (κ1) is 26.0. The third-order valence-corrected chi connectivity index (χ3v) is 8.54. The van der Waals surface area contributed by atoms with Crippen molar-refractivity contribution in [3.63, 3.8) is 0 Å². The summed E-state index contributed by atoms with van der Waals surface area (Å²) in [6.45, 7) is 0.716. The van der Waals surface area contributed by atoms with Crippen molar-refractivity contribution in [3.05, 3.63) is 107 Å². The summed E-state index contributed by atoms with van der Waals surface area (Å²) in [5, 5.41) is 0. The van der Waals surface area contributed by atoms with Crippen LogP contribution in [0.4, 0.5) is 0 Å². The van der Waals surface area contributed by atoms with Gasteiger partial charge < -0.3 is 9.64 Å². The summed E-state index contributed by atoms with van der Waals surface area (Å²) < 4.78 is 5.68. The number of hydrogen-bond acceptors (Lipinski definition) is 5. The average Bonchev–Trinajstić information content (AvgIpc) is 3.25. The molecule has 7 nitrogen and oxygen atoms in total. The molecule has 3 unspecified atom stereocenters. The lowest BCUT2D eigenvalue weighted by molar-refractivity contribution is -0.159. The van der Waals surface area contributed by atoms with Crippen LogP contribution in [0.25, 0.3) is 0 Å². The second kappa shape index (κ2) is 11.1. The molecule has 204 valence electrons. The summed E-state index contributed by atoms with van der Waals surface area (Å²) in [6.07, 6.45) is 3.64. The van der Waals surface area contributed by atoms with Crippen LogP contribution in [-0.4, -0.2) is 46.6 Å². The minimum atomic E-state index is -0.512. The van der Waals surface area contributed by atoms with Crippen LogP contribution in [0.3, 0.4) is 0 Å². The average molecular weight is 537 g/mol. The minimum absolute atomic E-state index is 0.0743. The lowest BCUT2D eigenvalue weighted by atomic mass is 9.77. The largest absolute Gasteiger partial charge is 0.461 e. The summed E-state index contributed by atoms with van der Waals surface area (Å²) in [5.41, 5.74) is 3.74. The molecule has 0 bridgehead atoms. The normalized spacial score (nSPS) is 22.1. The Morgan fingerprint density at radius 1 is 0.775 bits per heavy atom. The molecule has 3 aromatic carbocycles. The van der Waals surface area contributed by atoms with Crippen LogP contribution in [0.2, 0.25) is 0 Å². The van der Waals surface area contributed by atoms with Crippen molar-refractivity contribution in [2.75, 3.05) is 13.1 Å². The number of carbonyl (C=O) groups excluding carboxylic acids is 4. The Hall–Kier alpha value is -4.26. The van der Waals surface area contributed by atoms with Gasteiger partial charge >= 0.3 is 5.97 Å². The number of benzene rings is 3. The van der Waals surface area contributed by atoms with E-state index in [9.17, 15) is 19.2 Å². The van der Waals surface area contributed by atoms with Gasteiger partial charge in [0.05, 0.1) is 35.5 Å². The zero-order valence-corrected chi connectivity index (χ0v) is 22.3. The lowest BCUT2D eigenvalue weighted by Gasteiger charge is -2.42. The molecule has 2 heterocycles. The van der Waals surface area contributed by atoms with Crippen molar-refractivity contribution in [1.29, 1.82) is 0 Å². The SMILES string of the molecule is O=C(OCc1ccccc1)C1CCCCC1C(=O)N1CCc2ccccc2C1CN1C(=O)c2ccccc2C1=O. The summed E-state index contributed by atoms with van der Waals surface area (Å²) >= 11 is 0. The quantitative estimate of drug-likeness (QED) is 0.329. The topological polar surface area (TPSA) is 84.0 Å². The van der Waals surface area contributed by atoms with Crippen LogP contribution in [-0.2, 0) is 27.4 Å². The number of amides is 3. The number of fused-ring (bicyclic) bond motifs is 2. The zero-order chi connectivity index (χ0) is 27.6. The fraction of sp³-hybridized carbons (Fsp3) is 0.333. The maximum atomic E-state index is 14.2. The highest BCUT2D eigenvalue weighted by molar-refractivity contribution is 6.21. The van der Waals surface area contributed by atoms with Gasteiger partial charge in [0.15, 0.2) is 0 Å². The van der Waals surface area contributed by atoms with E-state index in [4.69, 9.17) is 4.74 Å². The number of rotatable bonds is 6. The Morgan fingerprint density at radius 2 is 1.40 bits per heavy atom. The molecule has 1 aliphatic carbocycles. The molecule has 1 saturated carbocycles. The molecule has 7 heteroatoms. The van der Waals surface area contributed by atoms with Crippen molar-refractivity contribution in [1.82, 2.24) is 9.80 Å². The van der Waals surface area contributed by atoms with Crippen LogP contribution in [0.5, 0.6) is 0 Å². The standard InChI is InChI=1S/C33H32N2O5/c36-30(27-16-8-9-17-28(27)33(39)40-21-22-10-2-1-3-11-22)34-19-18-23-12-4-5-13-24(23)29(34)20-35-31(37)25-14-6-7-15-26(25)32(35)38/h1-7,10-15,27-29H,8-9,16-21H2. The lowest BCUT2D eigenvalue weighted by Crippen LogP contribution is -2.50. The second-order valence-corrected chi connectivity index (χ2v) is 10.9. The van der Waals surface area contributed by atoms with Gasteiger partial charge in [-0.2, -0.15) is 0 Å². The number of esters is 1. The van der Waals surface area contributed by atoms with E-state index >= 15 is 0 Å². The van der Waals surface area contributed by atoms with Crippen molar-refractivity contribution in [3.8, 4) is 0 Å². The molecule has 3 atom stereocenters. The van der Waals surface area contributed by atoms with Gasteiger partial charge in [-0.3, -0.25) is 24.1 Å². The smallest absolute Gasteiger partial charge is 0.310 e. The van der Waals surface area contributed by atoms with Crippen molar-refractivity contribution >= 4 is 23.7 Å². The third kappa shape index (κ3) is 4.81. The maximum absolute atomic E-state index is 14.2. The monoisotopic (exact) mass is 536 g/mol. The Morgan fingerprint density at radius 3 is 2.12 bits per heavy atom. The minimum Gasteiger partial charge on any atom is -0.461 e. The molecule has 1 fully saturated rings. The van der Waals surface area contributed by atoms with Crippen LogP contribution >= 0.6 is 0 Å². The van der Waals surface area contributed by atoms with Crippen LogP contribution < -0.4 is 0 Å². The molecule has 3 aromatic rings. The molecular weight excluding hydrogens is 504 g/mol. The first-order valence-electron chi connectivity index (χ1n) is 14.1. The van der Waals surface area contributed by atoms with Crippen molar-refractivity contribution in [2.45, 2.75) is 44.8 Å². The summed E-state index contributed by atoms with van der Waals surface area (Å²) in [4.78, 5) is 57.1. The van der Waals surface area contributed by atoms with E-state index in [-0.39, 0.29) is 36.8 Å². The van der Waals surface area contributed by atoms with Gasteiger partial charge in [-0.15, -0.1) is 0 Å². The molecule has 0 radical (unpaired) electrons. The molecule has 40 heavy (non-hydrogen) atoms. The molecular formula is C33H32N2O5. The first-order chi connectivity index (χ1) is 19.5. The van der Waals surface area contributed by atoms with Crippen molar-refractivity contribution < 1.29 is 23.9 Å². The van der Waals surface area contributed by atoms with Crippen LogP contribution in [0, 0.1) is 11.8 Å². The summed E-state index contributed by atoms with van der Waals surface area (Å²) in [5.74, 6) is -2.12. The molecule has 0 aromatic heterocycles. The molecule has 2 aliphatic heterocycles. The number of imide groups is 1. The van der Waals surface area contributed by atoms with Gasteiger partial charge in [-0.05, 0) is 48.1 Å². The van der Waals surface area contributed by atoms with E-state index in [0.29, 0.717) is 36.9 Å². The predicted octanol–water partition coefficient (Wildman–Crippen LogP) is 4.96. The molecule has 0 saturated heterocycles. The highest BCUT2D eigenvalue weighted by atomic mass is 16.5. The van der Waals surface area contributed by atoms with E-state index in [1.54, 1.807) is 29.2 Å². The fourth-order valence-electron chi connectivity index (χ4n) is 6.45. The summed E-state index contributed by atoms with van der Waals surface area (Å²) in [6, 6.07) is 23.8. The highest BCUT2D eigenvalue weighted by Crippen LogP contribution is 2.38.